The molecule has 4 aromatic rings. The summed E-state index contributed by atoms with van der Waals surface area (Å²) in [6.45, 7) is 0.929. The first-order chi connectivity index (χ1) is 13.2. The average molecular weight is 361 g/mol. The van der Waals surface area contributed by atoms with Crippen molar-refractivity contribution in [2.24, 2.45) is 0 Å². The van der Waals surface area contributed by atoms with Crippen molar-refractivity contribution in [3.63, 3.8) is 0 Å². The molecule has 0 atom stereocenters. The van der Waals surface area contributed by atoms with Crippen LogP contribution in [0.15, 0.2) is 66.9 Å². The van der Waals surface area contributed by atoms with E-state index in [1.54, 1.807) is 28.9 Å². The number of halogens is 1. The van der Waals surface area contributed by atoms with Gasteiger partial charge in [-0.15, -0.1) is 5.10 Å². The summed E-state index contributed by atoms with van der Waals surface area (Å²) in [5, 5.41) is 11.0. The fraction of sp³-hybridized carbons (Fsp3) is 0.100. The molecule has 0 unspecified atom stereocenters. The van der Waals surface area contributed by atoms with Crippen LogP contribution in [0, 0.1) is 5.82 Å². The second kappa shape index (κ2) is 7.33. The highest BCUT2D eigenvalue weighted by Gasteiger charge is 2.08. The molecule has 0 aliphatic heterocycles. The third-order valence-electron chi connectivity index (χ3n) is 4.18. The lowest BCUT2D eigenvalue weighted by Gasteiger charge is -2.07. The second-order valence-electron chi connectivity index (χ2n) is 6.00. The van der Waals surface area contributed by atoms with Gasteiger partial charge in [-0.1, -0.05) is 29.5 Å². The largest absolute Gasteiger partial charge is 0.350 e. The fourth-order valence-electron chi connectivity index (χ4n) is 2.81. The van der Waals surface area contributed by atoms with Gasteiger partial charge in [-0.25, -0.2) is 9.07 Å². The van der Waals surface area contributed by atoms with Gasteiger partial charge in [0.25, 0.3) is 5.91 Å². The third-order valence-corrected chi connectivity index (χ3v) is 4.18. The van der Waals surface area contributed by atoms with Gasteiger partial charge in [-0.3, -0.25) is 9.78 Å². The SMILES string of the molecule is O=C(NCCn1nnc2ccccc21)c1ccc(-c2cccc(F)c2)nc1. The van der Waals surface area contributed by atoms with Crippen LogP contribution in [-0.4, -0.2) is 32.4 Å². The number of benzene rings is 2. The third kappa shape index (κ3) is 3.67. The topological polar surface area (TPSA) is 72.7 Å². The van der Waals surface area contributed by atoms with Crippen LogP contribution in [0.5, 0.6) is 0 Å². The Labute approximate surface area is 154 Å². The van der Waals surface area contributed by atoms with Crippen LogP contribution < -0.4 is 5.32 Å². The maximum atomic E-state index is 13.3. The Bertz CT molecular complexity index is 1090. The molecule has 6 nitrogen and oxygen atoms in total. The van der Waals surface area contributed by atoms with E-state index in [0.717, 1.165) is 11.0 Å². The van der Waals surface area contributed by atoms with Crippen LogP contribution in [0.3, 0.4) is 0 Å². The van der Waals surface area contributed by atoms with E-state index in [1.165, 1.54) is 18.3 Å². The van der Waals surface area contributed by atoms with E-state index >= 15 is 0 Å². The molecule has 7 heteroatoms. The van der Waals surface area contributed by atoms with Crippen molar-refractivity contribution in [2.45, 2.75) is 6.54 Å². The average Bonchev–Trinajstić information content (AvgIpc) is 3.11. The van der Waals surface area contributed by atoms with E-state index in [0.29, 0.717) is 29.9 Å². The summed E-state index contributed by atoms with van der Waals surface area (Å²) < 4.78 is 15.1. The van der Waals surface area contributed by atoms with Crippen molar-refractivity contribution >= 4 is 16.9 Å². The molecular formula is C20H16FN5O. The summed E-state index contributed by atoms with van der Waals surface area (Å²) in [6, 6.07) is 17.2. The number of aromatic nitrogens is 4. The molecule has 0 aliphatic carbocycles. The van der Waals surface area contributed by atoms with Gasteiger partial charge < -0.3 is 5.32 Å². The fourth-order valence-corrected chi connectivity index (χ4v) is 2.81. The summed E-state index contributed by atoms with van der Waals surface area (Å²) >= 11 is 0. The predicted molar refractivity (Wildman–Crippen MR) is 99.5 cm³/mol. The number of hydrogen-bond donors (Lipinski definition) is 1. The maximum Gasteiger partial charge on any atom is 0.252 e. The summed E-state index contributed by atoms with van der Waals surface area (Å²) in [5.41, 5.74) is 3.47. The highest BCUT2D eigenvalue weighted by atomic mass is 19.1. The number of pyridine rings is 1. The molecule has 27 heavy (non-hydrogen) atoms. The van der Waals surface area contributed by atoms with Gasteiger partial charge in [0.15, 0.2) is 0 Å². The number of carbonyl (C=O) groups is 1. The number of fused-ring (bicyclic) bond motifs is 1. The molecular weight excluding hydrogens is 345 g/mol. The van der Waals surface area contributed by atoms with Gasteiger partial charge in [0.2, 0.25) is 0 Å². The Balaban J connectivity index is 1.38. The lowest BCUT2D eigenvalue weighted by atomic mass is 10.1. The maximum absolute atomic E-state index is 13.3. The Morgan fingerprint density at radius 3 is 2.78 bits per heavy atom. The number of rotatable bonds is 5. The van der Waals surface area contributed by atoms with E-state index in [-0.39, 0.29) is 11.7 Å². The van der Waals surface area contributed by atoms with Crippen LogP contribution in [0.2, 0.25) is 0 Å². The minimum atomic E-state index is -0.322. The number of nitrogens with one attached hydrogen (secondary N) is 1. The molecule has 0 aliphatic rings. The van der Waals surface area contributed by atoms with E-state index in [2.05, 4.69) is 20.6 Å². The predicted octanol–water partition coefficient (Wildman–Crippen LogP) is 3.06. The van der Waals surface area contributed by atoms with Gasteiger partial charge in [-0.2, -0.15) is 0 Å². The quantitative estimate of drug-likeness (QED) is 0.593. The molecule has 1 N–H and O–H groups in total. The summed E-state index contributed by atoms with van der Waals surface area (Å²) in [5.74, 6) is -0.547. The van der Waals surface area contributed by atoms with Gasteiger partial charge in [0.05, 0.1) is 23.3 Å². The summed E-state index contributed by atoms with van der Waals surface area (Å²) in [6.07, 6.45) is 1.49. The van der Waals surface area contributed by atoms with Crippen molar-refractivity contribution in [2.75, 3.05) is 6.54 Å². The van der Waals surface area contributed by atoms with Crippen molar-refractivity contribution in [1.82, 2.24) is 25.3 Å². The second-order valence-corrected chi connectivity index (χ2v) is 6.00. The van der Waals surface area contributed by atoms with Crippen LogP contribution in [0.1, 0.15) is 10.4 Å². The standard InChI is InChI=1S/C20H16FN5O/c21-16-5-3-4-14(12-16)17-9-8-15(13-23-17)20(27)22-10-11-26-19-7-2-1-6-18(19)24-25-26/h1-9,12-13H,10-11H2,(H,22,27). The molecule has 0 spiro atoms. The monoisotopic (exact) mass is 361 g/mol. The van der Waals surface area contributed by atoms with Crippen molar-refractivity contribution in [3.05, 3.63) is 78.2 Å². The first kappa shape index (κ1) is 16.8. The Morgan fingerprint density at radius 2 is 1.96 bits per heavy atom. The van der Waals surface area contributed by atoms with Crippen LogP contribution in [0.25, 0.3) is 22.3 Å². The molecule has 134 valence electrons. The molecule has 0 saturated carbocycles. The molecule has 0 fully saturated rings. The number of amides is 1. The van der Waals surface area contributed by atoms with Gasteiger partial charge in [0, 0.05) is 18.3 Å². The summed E-state index contributed by atoms with van der Waals surface area (Å²) in [4.78, 5) is 16.5. The van der Waals surface area contributed by atoms with Crippen LogP contribution >= 0.6 is 0 Å². The van der Waals surface area contributed by atoms with E-state index in [9.17, 15) is 9.18 Å². The molecule has 4 rings (SSSR count). The molecule has 2 aromatic carbocycles. The molecule has 2 heterocycles. The van der Waals surface area contributed by atoms with Crippen molar-refractivity contribution in [3.8, 4) is 11.3 Å². The Kier molecular flexibility index (Phi) is 4.57. The first-order valence-corrected chi connectivity index (χ1v) is 8.49. The number of nitrogens with zero attached hydrogens (tertiary/aromatic N) is 4. The zero-order chi connectivity index (χ0) is 18.6. The van der Waals surface area contributed by atoms with Gasteiger partial charge in [0.1, 0.15) is 11.3 Å². The van der Waals surface area contributed by atoms with E-state index in [1.807, 2.05) is 24.3 Å². The van der Waals surface area contributed by atoms with Crippen LogP contribution in [0.4, 0.5) is 4.39 Å². The summed E-state index contributed by atoms with van der Waals surface area (Å²) in [7, 11) is 0. The minimum Gasteiger partial charge on any atom is -0.350 e. The highest BCUT2D eigenvalue weighted by Crippen LogP contribution is 2.18. The normalized spacial score (nSPS) is 10.9. The first-order valence-electron chi connectivity index (χ1n) is 8.49. The van der Waals surface area contributed by atoms with E-state index in [4.69, 9.17) is 0 Å². The lowest BCUT2D eigenvalue weighted by Crippen LogP contribution is -2.27. The number of hydrogen-bond acceptors (Lipinski definition) is 4. The number of para-hydroxylation sites is 1. The van der Waals surface area contributed by atoms with Gasteiger partial charge >= 0.3 is 0 Å². The Morgan fingerprint density at radius 1 is 1.07 bits per heavy atom. The smallest absolute Gasteiger partial charge is 0.252 e. The van der Waals surface area contributed by atoms with E-state index < -0.39 is 0 Å². The zero-order valence-corrected chi connectivity index (χ0v) is 14.3. The highest BCUT2D eigenvalue weighted by molar-refractivity contribution is 5.94. The molecule has 0 saturated heterocycles. The molecule has 2 aromatic heterocycles. The van der Waals surface area contributed by atoms with Gasteiger partial charge in [-0.05, 0) is 36.4 Å². The zero-order valence-electron chi connectivity index (χ0n) is 14.3. The van der Waals surface area contributed by atoms with Crippen molar-refractivity contribution in [1.29, 1.82) is 0 Å². The van der Waals surface area contributed by atoms with Crippen molar-refractivity contribution < 1.29 is 9.18 Å². The minimum absolute atomic E-state index is 0.224. The lowest BCUT2D eigenvalue weighted by molar-refractivity contribution is 0.0951. The molecule has 1 amide bonds. The molecule has 0 bridgehead atoms. The Hall–Kier alpha value is -3.61. The van der Waals surface area contributed by atoms with Crippen LogP contribution in [-0.2, 0) is 6.54 Å². The number of carbonyl (C=O) groups excluding carboxylic acids is 1. The molecule has 0 radical (unpaired) electrons.